The summed E-state index contributed by atoms with van der Waals surface area (Å²) in [6, 6.07) is 14.5. The Morgan fingerprint density at radius 3 is 2.75 bits per heavy atom. The minimum atomic E-state index is -0.539. The zero-order valence-electron chi connectivity index (χ0n) is 19.0. The largest absolute Gasteiger partial charge is 0.508 e. The number of para-hydroxylation sites is 1. The lowest BCUT2D eigenvalue weighted by atomic mass is 10.1. The van der Waals surface area contributed by atoms with Crippen molar-refractivity contribution in [2.75, 3.05) is 5.73 Å². The molecule has 0 aliphatic carbocycles. The second-order valence-electron chi connectivity index (χ2n) is 8.37. The van der Waals surface area contributed by atoms with Crippen molar-refractivity contribution in [2.45, 2.75) is 13.5 Å². The number of halogens is 1. The van der Waals surface area contributed by atoms with Gasteiger partial charge in [0.25, 0.3) is 5.56 Å². The molecular formula is C26H19FN6O2S. The second-order valence-corrected chi connectivity index (χ2v) is 9.23. The Bertz CT molecular complexity index is 1860. The van der Waals surface area contributed by atoms with Gasteiger partial charge in [-0.3, -0.25) is 9.36 Å². The third kappa shape index (κ3) is 3.42. The molecule has 8 nitrogen and oxygen atoms in total. The number of benzene rings is 2. The average Bonchev–Trinajstić information content (AvgIpc) is 3.42. The number of nitrogen functional groups attached to an aromatic ring is 1. The molecule has 0 saturated heterocycles. The molecule has 0 aliphatic rings. The maximum Gasteiger partial charge on any atom is 0.267 e. The molecule has 4 aromatic heterocycles. The van der Waals surface area contributed by atoms with Gasteiger partial charge in [-0.2, -0.15) is 5.10 Å². The van der Waals surface area contributed by atoms with Gasteiger partial charge in [0.2, 0.25) is 0 Å². The van der Waals surface area contributed by atoms with Crippen LogP contribution in [-0.2, 0) is 6.54 Å². The second kappa shape index (κ2) is 8.28. The van der Waals surface area contributed by atoms with E-state index < -0.39 is 5.82 Å². The van der Waals surface area contributed by atoms with E-state index >= 15 is 0 Å². The zero-order valence-corrected chi connectivity index (χ0v) is 19.8. The molecule has 6 rings (SSSR count). The van der Waals surface area contributed by atoms with Crippen molar-refractivity contribution in [3.63, 3.8) is 0 Å². The molecule has 4 heterocycles. The Labute approximate surface area is 207 Å². The number of phenolic OH excluding ortho intramolecular Hbond substituents is 1. The lowest BCUT2D eigenvalue weighted by Gasteiger charge is -2.14. The molecule has 0 aliphatic heterocycles. The van der Waals surface area contributed by atoms with Crippen molar-refractivity contribution in [2.24, 2.45) is 0 Å². The molecule has 3 N–H and O–H groups in total. The number of aryl methyl sites for hydroxylation is 1. The van der Waals surface area contributed by atoms with Gasteiger partial charge >= 0.3 is 0 Å². The molecule has 0 saturated carbocycles. The van der Waals surface area contributed by atoms with Crippen molar-refractivity contribution < 1.29 is 9.50 Å². The first kappa shape index (κ1) is 21.9. The number of nitrogens with two attached hydrogens (primary N) is 1. The number of fused-ring (bicyclic) bond motifs is 2. The van der Waals surface area contributed by atoms with E-state index in [-0.39, 0.29) is 23.5 Å². The van der Waals surface area contributed by atoms with Crippen LogP contribution in [0.4, 0.5) is 10.1 Å². The first-order valence-corrected chi connectivity index (χ1v) is 12.0. The summed E-state index contributed by atoms with van der Waals surface area (Å²) >= 11 is 1.36. The van der Waals surface area contributed by atoms with Crippen molar-refractivity contribution in [3.05, 3.63) is 93.7 Å². The quantitative estimate of drug-likeness (QED) is 0.366. The van der Waals surface area contributed by atoms with Gasteiger partial charge in [0.15, 0.2) is 5.65 Å². The fourth-order valence-electron chi connectivity index (χ4n) is 4.38. The first-order valence-electron chi connectivity index (χ1n) is 11.1. The molecule has 0 atom stereocenters. The van der Waals surface area contributed by atoms with Gasteiger partial charge in [0, 0.05) is 17.4 Å². The van der Waals surface area contributed by atoms with Crippen LogP contribution in [0.25, 0.3) is 38.2 Å². The molecule has 0 bridgehead atoms. The Hall–Kier alpha value is -4.57. The van der Waals surface area contributed by atoms with Crippen LogP contribution in [0.2, 0.25) is 0 Å². The standard InChI is InChI=1S/C26H19FN6O2S/c1-14-13-36-25-21(14)26(35)33(19-8-3-2-7-17(19)27)20(30-25)12-32-24-22(18(28)9-10-29-24)23(31-32)15-5-4-6-16(34)11-15/h2-11,13,34H,12H2,1H3,(H2,28,29). The highest BCUT2D eigenvalue weighted by atomic mass is 32.1. The molecule has 2 aromatic carbocycles. The van der Waals surface area contributed by atoms with Gasteiger partial charge in [0.05, 0.1) is 16.5 Å². The van der Waals surface area contributed by atoms with Gasteiger partial charge in [-0.15, -0.1) is 11.3 Å². The number of rotatable bonds is 4. The van der Waals surface area contributed by atoms with Crippen molar-refractivity contribution in [1.82, 2.24) is 24.3 Å². The Morgan fingerprint density at radius 1 is 1.11 bits per heavy atom. The summed E-state index contributed by atoms with van der Waals surface area (Å²) in [5.74, 6) is -0.148. The number of nitrogens with zero attached hydrogens (tertiary/aromatic N) is 5. The third-order valence-electron chi connectivity index (χ3n) is 6.03. The maximum absolute atomic E-state index is 14.9. The van der Waals surface area contributed by atoms with E-state index in [0.29, 0.717) is 44.0 Å². The number of phenols is 1. The number of pyridine rings is 1. The van der Waals surface area contributed by atoms with Gasteiger partial charge in [0.1, 0.15) is 34.5 Å². The van der Waals surface area contributed by atoms with Gasteiger partial charge in [-0.05, 0) is 48.2 Å². The Balaban J connectivity index is 1.61. The summed E-state index contributed by atoms with van der Waals surface area (Å²) in [7, 11) is 0. The van der Waals surface area contributed by atoms with E-state index in [2.05, 4.69) is 4.98 Å². The van der Waals surface area contributed by atoms with Crippen LogP contribution in [0.15, 0.2) is 71.0 Å². The molecule has 0 spiro atoms. The predicted molar refractivity (Wildman–Crippen MR) is 138 cm³/mol. The predicted octanol–water partition coefficient (Wildman–Crippen LogP) is 4.64. The molecule has 0 radical (unpaired) electrons. The SMILES string of the molecule is Cc1csc2nc(Cn3nc(-c4cccc(O)c4)c4c(N)ccnc43)n(-c3ccccc3F)c(=O)c12. The topological polar surface area (TPSA) is 112 Å². The fraction of sp³-hybridized carbons (Fsp3) is 0.0769. The monoisotopic (exact) mass is 498 g/mol. The smallest absolute Gasteiger partial charge is 0.267 e. The molecule has 10 heteroatoms. The maximum atomic E-state index is 14.9. The van der Waals surface area contributed by atoms with E-state index in [9.17, 15) is 14.3 Å². The van der Waals surface area contributed by atoms with Crippen molar-refractivity contribution in [1.29, 1.82) is 0 Å². The molecule has 36 heavy (non-hydrogen) atoms. The number of aromatic nitrogens is 5. The summed E-state index contributed by atoms with van der Waals surface area (Å²) in [5, 5.41) is 17.7. The van der Waals surface area contributed by atoms with Crippen LogP contribution in [0, 0.1) is 12.7 Å². The summed E-state index contributed by atoms with van der Waals surface area (Å²) in [6.07, 6.45) is 1.57. The molecule has 178 valence electrons. The first-order chi connectivity index (χ1) is 17.4. The van der Waals surface area contributed by atoms with Crippen LogP contribution in [-0.4, -0.2) is 29.4 Å². The normalized spacial score (nSPS) is 11.5. The van der Waals surface area contributed by atoms with E-state index in [1.165, 1.54) is 22.0 Å². The van der Waals surface area contributed by atoms with Crippen molar-refractivity contribution in [3.8, 4) is 22.7 Å². The summed E-state index contributed by atoms with van der Waals surface area (Å²) in [4.78, 5) is 23.4. The van der Waals surface area contributed by atoms with Gasteiger partial charge in [-0.25, -0.2) is 19.0 Å². The molecule has 6 aromatic rings. The summed E-state index contributed by atoms with van der Waals surface area (Å²) in [6.45, 7) is 1.87. The van der Waals surface area contributed by atoms with Crippen molar-refractivity contribution >= 4 is 38.3 Å². The Kier molecular flexibility index (Phi) is 5.04. The van der Waals surface area contributed by atoms with E-state index in [1.807, 2.05) is 18.4 Å². The highest BCUT2D eigenvalue weighted by molar-refractivity contribution is 7.16. The van der Waals surface area contributed by atoms with Crippen LogP contribution >= 0.6 is 11.3 Å². The lowest BCUT2D eigenvalue weighted by Crippen LogP contribution is -2.26. The van der Waals surface area contributed by atoms with Crippen LogP contribution in [0.5, 0.6) is 5.75 Å². The molecule has 0 amide bonds. The average molecular weight is 499 g/mol. The fourth-order valence-corrected chi connectivity index (χ4v) is 5.31. The lowest BCUT2D eigenvalue weighted by molar-refractivity contribution is 0.475. The number of aromatic hydroxyl groups is 1. The number of thiophene rings is 1. The molecule has 0 fully saturated rings. The number of hydrogen-bond donors (Lipinski definition) is 2. The molecular weight excluding hydrogens is 479 g/mol. The third-order valence-corrected chi connectivity index (χ3v) is 7.02. The van der Waals surface area contributed by atoms with Gasteiger partial charge in [-0.1, -0.05) is 24.3 Å². The van der Waals surface area contributed by atoms with E-state index in [0.717, 1.165) is 5.56 Å². The van der Waals surface area contributed by atoms with E-state index in [1.54, 1.807) is 53.3 Å². The summed E-state index contributed by atoms with van der Waals surface area (Å²) in [5.41, 5.74) is 8.97. The zero-order chi connectivity index (χ0) is 25.0. The minimum absolute atomic E-state index is 0.0300. The van der Waals surface area contributed by atoms with Crippen LogP contribution in [0.1, 0.15) is 11.4 Å². The number of anilines is 1. The van der Waals surface area contributed by atoms with Crippen LogP contribution < -0.4 is 11.3 Å². The van der Waals surface area contributed by atoms with Crippen LogP contribution in [0.3, 0.4) is 0 Å². The number of hydrogen-bond acceptors (Lipinski definition) is 7. The van der Waals surface area contributed by atoms with E-state index in [4.69, 9.17) is 15.8 Å². The van der Waals surface area contributed by atoms with Gasteiger partial charge < -0.3 is 10.8 Å². The Morgan fingerprint density at radius 2 is 1.94 bits per heavy atom. The molecule has 0 unspecified atom stereocenters. The highest BCUT2D eigenvalue weighted by Gasteiger charge is 2.21. The highest BCUT2D eigenvalue weighted by Crippen LogP contribution is 2.33. The summed E-state index contributed by atoms with van der Waals surface area (Å²) < 4.78 is 17.8. The minimum Gasteiger partial charge on any atom is -0.508 e.